The Morgan fingerprint density at radius 1 is 1.24 bits per heavy atom. The molecule has 0 saturated carbocycles. The minimum Gasteiger partial charge on any atom is -0.345 e. The van der Waals surface area contributed by atoms with Crippen LogP contribution in [0.1, 0.15) is 31.4 Å². The number of aromatic nitrogens is 5. The van der Waals surface area contributed by atoms with E-state index in [0.717, 1.165) is 5.39 Å². The molecule has 3 rings (SSSR count). The van der Waals surface area contributed by atoms with Crippen LogP contribution >= 0.6 is 0 Å². The van der Waals surface area contributed by atoms with Gasteiger partial charge in [-0.25, -0.2) is 14.3 Å². The van der Waals surface area contributed by atoms with Crippen molar-refractivity contribution in [3.8, 4) is 0 Å². The van der Waals surface area contributed by atoms with Crippen LogP contribution in [0.4, 0.5) is 0 Å². The molecule has 25 heavy (non-hydrogen) atoms. The molecule has 0 unspecified atom stereocenters. The summed E-state index contributed by atoms with van der Waals surface area (Å²) in [6.45, 7) is 6.13. The molecular formula is C17H20N6O2. The summed E-state index contributed by atoms with van der Waals surface area (Å²) in [4.78, 5) is 29.0. The quantitative estimate of drug-likeness (QED) is 0.753. The van der Waals surface area contributed by atoms with Gasteiger partial charge in [0, 0.05) is 11.9 Å². The minimum atomic E-state index is -0.313. The number of hydrogen-bond acceptors (Lipinski definition) is 5. The molecule has 130 valence electrons. The summed E-state index contributed by atoms with van der Waals surface area (Å²) in [5.41, 5.74) is 0.433. The van der Waals surface area contributed by atoms with Gasteiger partial charge in [-0.2, -0.15) is 10.2 Å². The average Bonchev–Trinajstić information content (AvgIpc) is 3.08. The van der Waals surface area contributed by atoms with Gasteiger partial charge in [0.2, 0.25) is 5.91 Å². The predicted molar refractivity (Wildman–Crippen MR) is 93.0 cm³/mol. The van der Waals surface area contributed by atoms with Crippen molar-refractivity contribution in [3.63, 3.8) is 0 Å². The summed E-state index contributed by atoms with van der Waals surface area (Å²) >= 11 is 0. The molecule has 1 atom stereocenters. The number of carbonyl (C=O) groups is 1. The Hall–Kier alpha value is -3.03. The summed E-state index contributed by atoms with van der Waals surface area (Å²) in [6.07, 6.45) is 1.46. The van der Waals surface area contributed by atoms with Crippen molar-refractivity contribution in [2.24, 2.45) is 0 Å². The second-order valence-corrected chi connectivity index (χ2v) is 5.82. The Morgan fingerprint density at radius 2 is 1.96 bits per heavy atom. The zero-order valence-corrected chi connectivity index (χ0v) is 14.4. The van der Waals surface area contributed by atoms with Crippen molar-refractivity contribution in [2.75, 3.05) is 0 Å². The fourth-order valence-electron chi connectivity index (χ4n) is 2.85. The van der Waals surface area contributed by atoms with Crippen LogP contribution in [0.5, 0.6) is 0 Å². The molecule has 0 aliphatic carbocycles. The van der Waals surface area contributed by atoms with E-state index in [9.17, 15) is 9.59 Å². The molecule has 0 aliphatic rings. The molecule has 0 radical (unpaired) electrons. The van der Waals surface area contributed by atoms with E-state index >= 15 is 0 Å². The normalized spacial score (nSPS) is 12.3. The van der Waals surface area contributed by atoms with Crippen LogP contribution in [0.2, 0.25) is 0 Å². The maximum Gasteiger partial charge on any atom is 0.275 e. The van der Waals surface area contributed by atoms with E-state index in [1.165, 1.54) is 11.0 Å². The summed E-state index contributed by atoms with van der Waals surface area (Å²) in [7, 11) is 0. The number of amides is 1. The number of nitrogens with one attached hydrogen (secondary N) is 1. The average molecular weight is 340 g/mol. The van der Waals surface area contributed by atoms with Gasteiger partial charge >= 0.3 is 0 Å². The third kappa shape index (κ3) is 3.28. The summed E-state index contributed by atoms with van der Waals surface area (Å²) in [5, 5.41) is 12.5. The Morgan fingerprint density at radius 3 is 2.68 bits per heavy atom. The van der Waals surface area contributed by atoms with E-state index in [4.69, 9.17) is 0 Å². The highest BCUT2D eigenvalue weighted by Gasteiger charge is 2.16. The first-order valence-corrected chi connectivity index (χ1v) is 8.14. The number of nitrogens with zero attached hydrogens (tertiary/aromatic N) is 5. The molecule has 8 heteroatoms. The number of carbonyl (C=O) groups excluding carboxylic acids is 1. The van der Waals surface area contributed by atoms with Crippen LogP contribution in [-0.2, 0) is 17.9 Å². The molecule has 0 fully saturated rings. The van der Waals surface area contributed by atoms with Gasteiger partial charge in [-0.1, -0.05) is 18.2 Å². The van der Waals surface area contributed by atoms with Crippen LogP contribution in [0.25, 0.3) is 10.8 Å². The lowest BCUT2D eigenvalue weighted by molar-refractivity contribution is -0.122. The zero-order chi connectivity index (χ0) is 18.0. The zero-order valence-electron chi connectivity index (χ0n) is 14.4. The SMILES string of the molecule is CCn1ncnc1[C@@H](C)NC(=O)Cn1nc(C)c2ccccc2c1=O. The van der Waals surface area contributed by atoms with E-state index in [0.29, 0.717) is 23.4 Å². The monoisotopic (exact) mass is 340 g/mol. The van der Waals surface area contributed by atoms with Crippen LogP contribution in [0.15, 0.2) is 35.4 Å². The van der Waals surface area contributed by atoms with Gasteiger partial charge in [-0.05, 0) is 26.8 Å². The largest absolute Gasteiger partial charge is 0.345 e. The first kappa shape index (κ1) is 16.8. The lowest BCUT2D eigenvalue weighted by Crippen LogP contribution is -2.36. The third-order valence-corrected chi connectivity index (χ3v) is 4.06. The van der Waals surface area contributed by atoms with E-state index in [1.807, 2.05) is 32.9 Å². The highest BCUT2D eigenvalue weighted by molar-refractivity contribution is 5.83. The number of aryl methyl sites for hydroxylation is 2. The van der Waals surface area contributed by atoms with E-state index in [1.54, 1.807) is 16.8 Å². The standard InChI is InChI=1S/C17H20N6O2/c1-4-22-16(18-10-19-22)12(3)20-15(24)9-23-17(25)14-8-6-5-7-13(14)11(2)21-23/h5-8,10,12H,4,9H2,1-3H3,(H,20,24)/t12-/m1/s1. The molecule has 1 aromatic carbocycles. The smallest absolute Gasteiger partial charge is 0.275 e. The number of benzene rings is 1. The molecule has 1 amide bonds. The van der Waals surface area contributed by atoms with E-state index in [2.05, 4.69) is 20.5 Å². The van der Waals surface area contributed by atoms with Crippen LogP contribution in [-0.4, -0.2) is 30.5 Å². The van der Waals surface area contributed by atoms with Crippen LogP contribution in [0, 0.1) is 6.92 Å². The second kappa shape index (κ2) is 6.84. The third-order valence-electron chi connectivity index (χ3n) is 4.06. The van der Waals surface area contributed by atoms with E-state index in [-0.39, 0.29) is 24.1 Å². The number of hydrogen-bond donors (Lipinski definition) is 1. The van der Waals surface area contributed by atoms with Gasteiger partial charge in [0.25, 0.3) is 5.56 Å². The molecular weight excluding hydrogens is 320 g/mol. The van der Waals surface area contributed by atoms with Gasteiger partial charge in [0.15, 0.2) is 0 Å². The van der Waals surface area contributed by atoms with Crippen LogP contribution in [0.3, 0.4) is 0 Å². The van der Waals surface area contributed by atoms with Crippen molar-refractivity contribution < 1.29 is 4.79 Å². The fourth-order valence-corrected chi connectivity index (χ4v) is 2.85. The summed E-state index contributed by atoms with van der Waals surface area (Å²) in [5.74, 6) is 0.369. The van der Waals surface area contributed by atoms with Crippen molar-refractivity contribution in [2.45, 2.75) is 39.9 Å². The number of rotatable bonds is 5. The predicted octanol–water partition coefficient (Wildman–Crippen LogP) is 1.19. The minimum absolute atomic E-state index is 0.144. The first-order valence-electron chi connectivity index (χ1n) is 8.14. The number of fused-ring (bicyclic) bond motifs is 1. The van der Waals surface area contributed by atoms with Crippen molar-refractivity contribution in [3.05, 3.63) is 52.5 Å². The summed E-state index contributed by atoms with van der Waals surface area (Å²) in [6, 6.07) is 6.94. The second-order valence-electron chi connectivity index (χ2n) is 5.82. The molecule has 8 nitrogen and oxygen atoms in total. The Balaban J connectivity index is 1.81. The van der Waals surface area contributed by atoms with Crippen LogP contribution < -0.4 is 10.9 Å². The maximum absolute atomic E-state index is 12.5. The Kier molecular flexibility index (Phi) is 4.60. The lowest BCUT2D eigenvalue weighted by Gasteiger charge is -2.14. The molecule has 0 saturated heterocycles. The lowest BCUT2D eigenvalue weighted by atomic mass is 10.1. The fraction of sp³-hybridized carbons (Fsp3) is 0.353. The maximum atomic E-state index is 12.5. The highest BCUT2D eigenvalue weighted by Crippen LogP contribution is 2.12. The van der Waals surface area contributed by atoms with Crippen molar-refractivity contribution in [1.29, 1.82) is 0 Å². The molecule has 2 aromatic heterocycles. The Labute approximate surface area is 144 Å². The van der Waals surface area contributed by atoms with E-state index < -0.39 is 0 Å². The van der Waals surface area contributed by atoms with Crippen molar-refractivity contribution in [1.82, 2.24) is 29.9 Å². The molecule has 3 aromatic rings. The topological polar surface area (TPSA) is 94.7 Å². The molecule has 0 bridgehead atoms. The first-order chi connectivity index (χ1) is 12.0. The Bertz CT molecular complexity index is 975. The van der Waals surface area contributed by atoms with Gasteiger partial charge in [-0.15, -0.1) is 0 Å². The highest BCUT2D eigenvalue weighted by atomic mass is 16.2. The summed E-state index contributed by atoms with van der Waals surface area (Å²) < 4.78 is 2.92. The van der Waals surface area contributed by atoms with Gasteiger partial charge < -0.3 is 5.32 Å². The van der Waals surface area contributed by atoms with Gasteiger partial charge in [0.1, 0.15) is 18.7 Å². The van der Waals surface area contributed by atoms with Crippen molar-refractivity contribution >= 4 is 16.7 Å². The molecule has 2 heterocycles. The molecule has 0 spiro atoms. The van der Waals surface area contributed by atoms with Gasteiger partial charge in [-0.3, -0.25) is 9.59 Å². The molecule has 0 aliphatic heterocycles. The van der Waals surface area contributed by atoms with Gasteiger partial charge in [0.05, 0.1) is 17.1 Å². The molecule has 1 N–H and O–H groups in total.